The molecule has 0 aliphatic carbocycles. The number of nitro benzene ring substituents is 1. The summed E-state index contributed by atoms with van der Waals surface area (Å²) < 4.78 is 11.9. The van der Waals surface area contributed by atoms with Crippen molar-refractivity contribution < 1.29 is 19.2 Å². The van der Waals surface area contributed by atoms with E-state index < -0.39 is 11.0 Å². The number of benzene rings is 2. The Kier molecular flexibility index (Phi) is 3.69. The molecule has 1 unspecified atom stereocenters. The summed E-state index contributed by atoms with van der Waals surface area (Å²) in [6.07, 6.45) is -0.795. The van der Waals surface area contributed by atoms with E-state index in [4.69, 9.17) is 9.47 Å². The number of carbonyl (C=O) groups excluding carboxylic acids is 1. The van der Waals surface area contributed by atoms with Gasteiger partial charge in [-0.15, -0.1) is 0 Å². The average molecular weight is 357 g/mol. The molecule has 0 bridgehead atoms. The van der Waals surface area contributed by atoms with Gasteiger partial charge in [-0.05, 0) is 18.2 Å². The fourth-order valence-electron chi connectivity index (χ4n) is 2.42. The maximum Gasteiger partial charge on any atom is 0.271 e. The van der Waals surface area contributed by atoms with Gasteiger partial charge in [0.15, 0.2) is 16.6 Å². The summed E-state index contributed by atoms with van der Waals surface area (Å²) in [6.45, 7) is 0.0964. The molecule has 25 heavy (non-hydrogen) atoms. The second-order valence-electron chi connectivity index (χ2n) is 5.28. The zero-order chi connectivity index (χ0) is 17.4. The van der Waals surface area contributed by atoms with Gasteiger partial charge in [-0.2, -0.15) is 0 Å². The van der Waals surface area contributed by atoms with Crippen LogP contribution in [0.5, 0.6) is 11.5 Å². The maximum atomic E-state index is 12.4. The number of fused-ring (bicyclic) bond motifs is 2. The molecule has 1 atom stereocenters. The Balaban J connectivity index is 1.51. The van der Waals surface area contributed by atoms with Crippen molar-refractivity contribution in [1.29, 1.82) is 0 Å². The molecule has 0 spiro atoms. The Labute approximate surface area is 145 Å². The number of rotatable bonds is 3. The first kappa shape index (κ1) is 15.3. The molecule has 0 saturated heterocycles. The highest BCUT2D eigenvalue weighted by Crippen LogP contribution is 2.32. The van der Waals surface area contributed by atoms with Crippen LogP contribution in [0.1, 0.15) is 0 Å². The summed E-state index contributed by atoms with van der Waals surface area (Å²) in [5.41, 5.74) is 0.414. The van der Waals surface area contributed by atoms with E-state index in [0.717, 1.165) is 4.70 Å². The first-order valence-electron chi connectivity index (χ1n) is 7.34. The van der Waals surface area contributed by atoms with Crippen LogP contribution < -0.4 is 14.8 Å². The van der Waals surface area contributed by atoms with Gasteiger partial charge in [-0.25, -0.2) is 4.98 Å². The third-order valence-corrected chi connectivity index (χ3v) is 4.56. The largest absolute Gasteiger partial charge is 0.485 e. The highest BCUT2D eigenvalue weighted by Gasteiger charge is 2.28. The minimum absolute atomic E-state index is 0.0451. The van der Waals surface area contributed by atoms with Crippen LogP contribution >= 0.6 is 11.3 Å². The van der Waals surface area contributed by atoms with Gasteiger partial charge in [-0.1, -0.05) is 23.5 Å². The van der Waals surface area contributed by atoms with Crippen LogP contribution in [-0.4, -0.2) is 28.5 Å². The van der Waals surface area contributed by atoms with Crippen LogP contribution in [0.15, 0.2) is 42.5 Å². The molecular formula is C16H11N3O5S. The molecule has 1 aromatic heterocycles. The SMILES string of the molecule is O=C(Nc1nc2cc([N+](=O)[O-])ccc2s1)C1COc2ccccc2O1. The van der Waals surface area contributed by atoms with Crippen LogP contribution in [0, 0.1) is 10.1 Å². The summed E-state index contributed by atoms with van der Waals surface area (Å²) in [5, 5.41) is 13.8. The topological polar surface area (TPSA) is 104 Å². The first-order chi connectivity index (χ1) is 12.1. The van der Waals surface area contributed by atoms with E-state index in [1.54, 1.807) is 24.3 Å². The van der Waals surface area contributed by atoms with E-state index in [0.29, 0.717) is 22.1 Å². The molecule has 2 aromatic carbocycles. The van der Waals surface area contributed by atoms with E-state index >= 15 is 0 Å². The lowest BCUT2D eigenvalue weighted by Gasteiger charge is -2.25. The standard InChI is InChI=1S/C16H11N3O5S/c20-15(13-8-23-11-3-1-2-4-12(11)24-13)18-16-17-10-7-9(19(21)22)5-6-14(10)25-16/h1-7,13H,8H2,(H,17,18,20). The number of nitrogens with one attached hydrogen (secondary N) is 1. The summed E-state index contributed by atoms with van der Waals surface area (Å²) in [6, 6.07) is 11.5. The van der Waals surface area contributed by atoms with Crippen LogP contribution in [-0.2, 0) is 4.79 Å². The number of hydrogen-bond donors (Lipinski definition) is 1. The number of ether oxygens (including phenoxy) is 2. The number of carbonyl (C=O) groups is 1. The molecule has 1 N–H and O–H groups in total. The van der Waals surface area contributed by atoms with Crippen molar-refractivity contribution in [3.63, 3.8) is 0 Å². The van der Waals surface area contributed by atoms with Crippen LogP contribution in [0.2, 0.25) is 0 Å². The van der Waals surface area contributed by atoms with Gasteiger partial charge in [0.25, 0.3) is 11.6 Å². The molecule has 126 valence electrons. The first-order valence-corrected chi connectivity index (χ1v) is 8.16. The van der Waals surface area contributed by atoms with E-state index in [1.807, 2.05) is 6.07 Å². The highest BCUT2D eigenvalue weighted by atomic mass is 32.1. The monoisotopic (exact) mass is 357 g/mol. The molecular weight excluding hydrogens is 346 g/mol. The van der Waals surface area contributed by atoms with E-state index in [9.17, 15) is 14.9 Å². The molecule has 0 fully saturated rings. The normalized spacial score (nSPS) is 15.8. The third kappa shape index (κ3) is 2.96. The van der Waals surface area contributed by atoms with Crippen molar-refractivity contribution in [2.45, 2.75) is 6.10 Å². The number of hydrogen-bond acceptors (Lipinski definition) is 7. The van der Waals surface area contributed by atoms with Crippen molar-refractivity contribution in [2.75, 3.05) is 11.9 Å². The van der Waals surface area contributed by atoms with Gasteiger partial charge in [0.1, 0.15) is 6.61 Å². The van der Waals surface area contributed by atoms with Gasteiger partial charge >= 0.3 is 0 Å². The van der Waals surface area contributed by atoms with Crippen LogP contribution in [0.25, 0.3) is 10.2 Å². The zero-order valence-corrected chi connectivity index (χ0v) is 13.5. The van der Waals surface area contributed by atoms with Gasteiger partial charge in [0, 0.05) is 12.1 Å². The summed E-state index contributed by atoms with van der Waals surface area (Å²) in [4.78, 5) is 26.9. The summed E-state index contributed by atoms with van der Waals surface area (Å²) in [7, 11) is 0. The van der Waals surface area contributed by atoms with Gasteiger partial charge < -0.3 is 9.47 Å². The lowest BCUT2D eigenvalue weighted by Crippen LogP contribution is -2.40. The number of non-ortho nitro benzene ring substituents is 1. The van der Waals surface area contributed by atoms with Gasteiger partial charge in [0.05, 0.1) is 15.1 Å². The smallest absolute Gasteiger partial charge is 0.271 e. The lowest BCUT2D eigenvalue weighted by atomic mass is 10.2. The molecule has 9 heteroatoms. The fourth-order valence-corrected chi connectivity index (χ4v) is 3.27. The number of nitrogens with zero attached hydrogens (tertiary/aromatic N) is 2. The molecule has 2 heterocycles. The number of para-hydroxylation sites is 2. The van der Waals surface area contributed by atoms with Crippen molar-refractivity contribution in [3.05, 3.63) is 52.6 Å². The van der Waals surface area contributed by atoms with Crippen LogP contribution in [0.3, 0.4) is 0 Å². The Morgan fingerprint density at radius 2 is 2.08 bits per heavy atom. The summed E-state index contributed by atoms with van der Waals surface area (Å²) in [5.74, 6) is 0.718. The molecule has 1 aliphatic heterocycles. The zero-order valence-electron chi connectivity index (χ0n) is 12.7. The van der Waals surface area contributed by atoms with Crippen molar-refractivity contribution in [2.24, 2.45) is 0 Å². The lowest BCUT2D eigenvalue weighted by molar-refractivity contribution is -0.384. The van der Waals surface area contributed by atoms with Crippen molar-refractivity contribution in [3.8, 4) is 11.5 Å². The third-order valence-electron chi connectivity index (χ3n) is 3.61. The maximum absolute atomic E-state index is 12.4. The second-order valence-corrected chi connectivity index (χ2v) is 6.31. The molecule has 1 amide bonds. The fraction of sp³-hybridized carbons (Fsp3) is 0.125. The number of amides is 1. The summed E-state index contributed by atoms with van der Waals surface area (Å²) >= 11 is 1.23. The Hall–Kier alpha value is -3.20. The number of aromatic nitrogens is 1. The number of thiazole rings is 1. The predicted molar refractivity (Wildman–Crippen MR) is 91.3 cm³/mol. The molecule has 1 aliphatic rings. The Bertz CT molecular complexity index is 987. The predicted octanol–water partition coefficient (Wildman–Crippen LogP) is 2.98. The molecule has 3 aromatic rings. The second kappa shape index (κ2) is 6.02. The van der Waals surface area contributed by atoms with Crippen molar-refractivity contribution >= 4 is 38.3 Å². The quantitative estimate of drug-likeness (QED) is 0.571. The Morgan fingerprint density at radius 1 is 1.28 bits per heavy atom. The van der Waals surface area contributed by atoms with Crippen LogP contribution in [0.4, 0.5) is 10.8 Å². The molecule has 0 saturated carbocycles. The average Bonchev–Trinajstić information content (AvgIpc) is 3.02. The Morgan fingerprint density at radius 3 is 2.88 bits per heavy atom. The molecule has 4 rings (SSSR count). The van der Waals surface area contributed by atoms with Gasteiger partial charge in [-0.3, -0.25) is 20.2 Å². The van der Waals surface area contributed by atoms with Crippen molar-refractivity contribution in [1.82, 2.24) is 4.98 Å². The van der Waals surface area contributed by atoms with E-state index in [2.05, 4.69) is 10.3 Å². The van der Waals surface area contributed by atoms with Gasteiger partial charge in [0.2, 0.25) is 6.10 Å². The number of nitro groups is 1. The molecule has 8 nitrogen and oxygen atoms in total. The highest BCUT2D eigenvalue weighted by molar-refractivity contribution is 7.22. The molecule has 0 radical (unpaired) electrons. The number of anilines is 1. The minimum Gasteiger partial charge on any atom is -0.485 e. The minimum atomic E-state index is -0.795. The van der Waals surface area contributed by atoms with E-state index in [-0.39, 0.29) is 18.2 Å². The van der Waals surface area contributed by atoms with E-state index in [1.165, 1.54) is 23.5 Å².